The Bertz CT molecular complexity index is 463. The number of rotatable bonds is 12. The average Bonchev–Trinajstić information content (AvgIpc) is 2.94. The number of carbonyl (C=O) groups is 2. The number of carbonyl (C=O) groups excluding carboxylic acids is 2. The molecule has 0 radical (unpaired) electrons. The molecule has 1 heterocycles. The smallest absolute Gasteiger partial charge is 0.309 e. The number of hydrogen-bond donors (Lipinski definition) is 1. The minimum absolute atomic E-state index is 0.184. The van der Waals surface area contributed by atoms with E-state index in [1.165, 1.54) is 0 Å². The van der Waals surface area contributed by atoms with Gasteiger partial charge in [-0.25, -0.2) is 0 Å². The quantitative estimate of drug-likeness (QED) is 0.514. The fourth-order valence-electron chi connectivity index (χ4n) is 3.26. The first-order chi connectivity index (χ1) is 12.7. The Morgan fingerprint density at radius 1 is 1.19 bits per heavy atom. The van der Waals surface area contributed by atoms with Gasteiger partial charge < -0.3 is 24.1 Å². The van der Waals surface area contributed by atoms with Crippen LogP contribution in [0.3, 0.4) is 0 Å². The van der Waals surface area contributed by atoms with Crippen LogP contribution in [0.2, 0.25) is 0 Å². The lowest BCUT2D eigenvalue weighted by molar-refractivity contribution is -0.157. The van der Waals surface area contributed by atoms with Crippen molar-refractivity contribution in [1.82, 2.24) is 0 Å². The molecular formula is C20H36O7. The maximum Gasteiger partial charge on any atom is 0.309 e. The molecule has 0 unspecified atom stereocenters. The number of ether oxygens (including phenoxy) is 4. The van der Waals surface area contributed by atoms with Crippen LogP contribution in [0.1, 0.15) is 66.7 Å². The van der Waals surface area contributed by atoms with E-state index >= 15 is 0 Å². The van der Waals surface area contributed by atoms with E-state index in [9.17, 15) is 14.7 Å². The molecule has 1 aliphatic rings. The minimum Gasteiger partial charge on any atom is -0.466 e. The molecule has 0 aromatic heterocycles. The molecular weight excluding hydrogens is 352 g/mol. The van der Waals surface area contributed by atoms with E-state index in [1.807, 2.05) is 6.92 Å². The maximum atomic E-state index is 12.3. The molecule has 0 aromatic carbocycles. The molecule has 4 atom stereocenters. The zero-order chi connectivity index (χ0) is 20.4. The van der Waals surface area contributed by atoms with Crippen molar-refractivity contribution in [3.63, 3.8) is 0 Å². The molecule has 0 spiro atoms. The van der Waals surface area contributed by atoms with Crippen molar-refractivity contribution < 1.29 is 33.6 Å². The van der Waals surface area contributed by atoms with Gasteiger partial charge in [-0.05, 0) is 46.5 Å². The van der Waals surface area contributed by atoms with Crippen LogP contribution in [-0.4, -0.2) is 54.9 Å². The highest BCUT2D eigenvalue weighted by molar-refractivity contribution is 5.72. The van der Waals surface area contributed by atoms with Gasteiger partial charge in [-0.1, -0.05) is 19.8 Å². The SMILES string of the molecule is CCOC(=O)C[C@@H](C)CCC[C@H](C[C@H](O)[C@H]1COC(C)(C)O1)C(=O)OCC. The fraction of sp³-hybridized carbons (Fsp3) is 0.900. The average molecular weight is 389 g/mol. The third kappa shape index (κ3) is 9.04. The third-order valence-electron chi connectivity index (χ3n) is 4.68. The molecule has 1 rings (SSSR count). The second kappa shape index (κ2) is 11.6. The van der Waals surface area contributed by atoms with E-state index in [2.05, 4.69) is 0 Å². The molecule has 1 aliphatic heterocycles. The van der Waals surface area contributed by atoms with E-state index in [-0.39, 0.29) is 24.3 Å². The standard InChI is InChI=1S/C20H36O7/c1-6-24-18(22)11-14(3)9-8-10-15(19(23)25-7-2)12-16(21)17-13-26-20(4,5)27-17/h14-17,21H,6-13H2,1-5H3/t14-,15+,16-,17+/m0/s1. The van der Waals surface area contributed by atoms with Gasteiger partial charge in [-0.2, -0.15) is 0 Å². The molecule has 27 heavy (non-hydrogen) atoms. The summed E-state index contributed by atoms with van der Waals surface area (Å²) in [5, 5.41) is 10.5. The molecule has 1 fully saturated rings. The van der Waals surface area contributed by atoms with Crippen LogP contribution in [0, 0.1) is 11.8 Å². The van der Waals surface area contributed by atoms with Crippen molar-refractivity contribution in [2.45, 2.75) is 84.7 Å². The summed E-state index contributed by atoms with van der Waals surface area (Å²) >= 11 is 0. The van der Waals surface area contributed by atoms with E-state index < -0.39 is 23.9 Å². The lowest BCUT2D eigenvalue weighted by Gasteiger charge is -2.24. The van der Waals surface area contributed by atoms with Gasteiger partial charge in [0.1, 0.15) is 6.10 Å². The van der Waals surface area contributed by atoms with E-state index in [4.69, 9.17) is 18.9 Å². The van der Waals surface area contributed by atoms with Crippen molar-refractivity contribution in [2.24, 2.45) is 11.8 Å². The predicted molar refractivity (Wildman–Crippen MR) is 99.9 cm³/mol. The summed E-state index contributed by atoms with van der Waals surface area (Å²) < 4.78 is 21.3. The second-order valence-corrected chi connectivity index (χ2v) is 7.66. The lowest BCUT2D eigenvalue weighted by Crippen LogP contribution is -2.34. The van der Waals surface area contributed by atoms with Crippen LogP contribution < -0.4 is 0 Å². The predicted octanol–water partition coefficient (Wildman–Crippen LogP) is 2.83. The molecule has 0 aromatic rings. The highest BCUT2D eigenvalue weighted by Gasteiger charge is 2.38. The fourth-order valence-corrected chi connectivity index (χ4v) is 3.26. The summed E-state index contributed by atoms with van der Waals surface area (Å²) in [5.41, 5.74) is 0. The van der Waals surface area contributed by atoms with Gasteiger partial charge in [0.2, 0.25) is 0 Å². The monoisotopic (exact) mass is 388 g/mol. The molecule has 0 aliphatic carbocycles. The molecule has 1 saturated heterocycles. The zero-order valence-electron chi connectivity index (χ0n) is 17.4. The topological polar surface area (TPSA) is 91.3 Å². The van der Waals surface area contributed by atoms with Gasteiger partial charge >= 0.3 is 11.9 Å². The summed E-state index contributed by atoms with van der Waals surface area (Å²) in [6.07, 6.45) is 1.58. The van der Waals surface area contributed by atoms with E-state index in [0.29, 0.717) is 32.7 Å². The van der Waals surface area contributed by atoms with Gasteiger partial charge in [0.25, 0.3) is 0 Å². The summed E-state index contributed by atoms with van der Waals surface area (Å²) in [7, 11) is 0. The Balaban J connectivity index is 2.49. The number of hydrogen-bond acceptors (Lipinski definition) is 7. The zero-order valence-corrected chi connectivity index (χ0v) is 17.4. The lowest BCUT2D eigenvalue weighted by atomic mass is 9.91. The Hall–Kier alpha value is -1.18. The highest BCUT2D eigenvalue weighted by atomic mass is 16.7. The third-order valence-corrected chi connectivity index (χ3v) is 4.68. The van der Waals surface area contributed by atoms with Gasteiger partial charge in [-0.3, -0.25) is 9.59 Å². The van der Waals surface area contributed by atoms with Crippen molar-refractivity contribution in [3.05, 3.63) is 0 Å². The minimum atomic E-state index is -0.793. The van der Waals surface area contributed by atoms with Gasteiger partial charge in [0.15, 0.2) is 5.79 Å². The Kier molecular flexibility index (Phi) is 10.3. The Morgan fingerprint density at radius 3 is 2.41 bits per heavy atom. The Labute approximate surface area is 162 Å². The van der Waals surface area contributed by atoms with Crippen LogP contribution in [0.5, 0.6) is 0 Å². The number of aliphatic hydroxyl groups excluding tert-OH is 1. The van der Waals surface area contributed by atoms with E-state index in [0.717, 1.165) is 12.8 Å². The molecule has 7 heteroatoms. The first-order valence-electron chi connectivity index (χ1n) is 10.0. The van der Waals surface area contributed by atoms with E-state index in [1.54, 1.807) is 27.7 Å². The molecule has 0 bridgehead atoms. The summed E-state index contributed by atoms with van der Waals surface area (Å²) in [4.78, 5) is 23.8. The Morgan fingerprint density at radius 2 is 1.85 bits per heavy atom. The largest absolute Gasteiger partial charge is 0.466 e. The maximum absolute atomic E-state index is 12.3. The summed E-state index contributed by atoms with van der Waals surface area (Å²) in [6, 6.07) is 0. The molecule has 1 N–H and O–H groups in total. The molecule has 0 saturated carbocycles. The van der Waals surface area contributed by atoms with Crippen molar-refractivity contribution in [2.75, 3.05) is 19.8 Å². The van der Waals surface area contributed by atoms with Gasteiger partial charge in [-0.15, -0.1) is 0 Å². The van der Waals surface area contributed by atoms with Crippen LogP contribution in [0.4, 0.5) is 0 Å². The van der Waals surface area contributed by atoms with Crippen LogP contribution >= 0.6 is 0 Å². The van der Waals surface area contributed by atoms with Crippen molar-refractivity contribution in [1.29, 1.82) is 0 Å². The van der Waals surface area contributed by atoms with Crippen LogP contribution in [0.15, 0.2) is 0 Å². The van der Waals surface area contributed by atoms with Crippen molar-refractivity contribution >= 4 is 11.9 Å². The normalized spacial score (nSPS) is 22.1. The molecule has 0 amide bonds. The summed E-state index contributed by atoms with van der Waals surface area (Å²) in [6.45, 7) is 10.2. The molecule has 7 nitrogen and oxygen atoms in total. The first-order valence-corrected chi connectivity index (χ1v) is 10.0. The highest BCUT2D eigenvalue weighted by Crippen LogP contribution is 2.28. The second-order valence-electron chi connectivity index (χ2n) is 7.66. The molecule has 158 valence electrons. The van der Waals surface area contributed by atoms with Crippen LogP contribution in [0.25, 0.3) is 0 Å². The van der Waals surface area contributed by atoms with Crippen LogP contribution in [-0.2, 0) is 28.5 Å². The van der Waals surface area contributed by atoms with Gasteiger partial charge in [0.05, 0.1) is 31.8 Å². The summed E-state index contributed by atoms with van der Waals surface area (Å²) in [5.74, 6) is -1.42. The van der Waals surface area contributed by atoms with Crippen molar-refractivity contribution in [3.8, 4) is 0 Å². The number of aliphatic hydroxyl groups is 1. The first kappa shape index (κ1) is 23.9. The van der Waals surface area contributed by atoms with Gasteiger partial charge in [0, 0.05) is 6.42 Å². The number of esters is 2.